The zero-order chi connectivity index (χ0) is 32.2. The maximum atomic E-state index is 6.37. The Kier molecular flexibility index (Phi) is 6.98. The van der Waals surface area contributed by atoms with Crippen LogP contribution in [0, 0.1) is 0 Å². The van der Waals surface area contributed by atoms with E-state index in [1.54, 1.807) is 0 Å². The summed E-state index contributed by atoms with van der Waals surface area (Å²) in [7, 11) is -0.407. The molecule has 0 aromatic heterocycles. The molecule has 1 fully saturated rings. The van der Waals surface area contributed by atoms with Gasteiger partial charge in [-0.2, -0.15) is 0 Å². The van der Waals surface area contributed by atoms with E-state index >= 15 is 0 Å². The molecule has 4 heteroatoms. The van der Waals surface area contributed by atoms with E-state index in [0.29, 0.717) is 0 Å². The van der Waals surface area contributed by atoms with E-state index in [-0.39, 0.29) is 0 Å². The predicted octanol–water partition coefficient (Wildman–Crippen LogP) is 9.82. The molecular formula is C43H38BNO2. The number of rotatable bonds is 6. The van der Waals surface area contributed by atoms with Crippen LogP contribution in [0.2, 0.25) is 0 Å². The van der Waals surface area contributed by atoms with Crippen molar-refractivity contribution in [2.45, 2.75) is 44.3 Å². The van der Waals surface area contributed by atoms with Crippen LogP contribution < -0.4 is 10.4 Å². The maximum Gasteiger partial charge on any atom is 0.494 e. The Bertz CT molecular complexity index is 1980. The predicted molar refractivity (Wildman–Crippen MR) is 194 cm³/mol. The van der Waals surface area contributed by atoms with Gasteiger partial charge in [0.25, 0.3) is 0 Å². The van der Waals surface area contributed by atoms with Gasteiger partial charge in [-0.1, -0.05) is 121 Å². The number of anilines is 3. The molecule has 8 rings (SSSR count). The van der Waals surface area contributed by atoms with Crippen molar-refractivity contribution in [3.8, 4) is 11.1 Å². The third-order valence-electron chi connectivity index (χ3n) is 10.4. The molecule has 1 heterocycles. The van der Waals surface area contributed by atoms with E-state index in [9.17, 15) is 0 Å². The highest BCUT2D eigenvalue weighted by atomic mass is 16.7. The lowest BCUT2D eigenvalue weighted by Crippen LogP contribution is -2.41. The average Bonchev–Trinajstić information content (AvgIpc) is 3.52. The molecule has 2 aliphatic rings. The molecule has 1 aliphatic carbocycles. The summed E-state index contributed by atoms with van der Waals surface area (Å²) in [6.07, 6.45) is 0. The number of nitrogens with zero attached hydrogens (tertiary/aromatic N) is 1. The molecule has 0 saturated carbocycles. The van der Waals surface area contributed by atoms with Crippen LogP contribution in [0.15, 0.2) is 158 Å². The van der Waals surface area contributed by atoms with E-state index in [4.69, 9.17) is 9.31 Å². The molecular weight excluding hydrogens is 573 g/mol. The molecule has 0 atom stereocenters. The maximum absolute atomic E-state index is 6.37. The van der Waals surface area contributed by atoms with Crippen LogP contribution in [0.4, 0.5) is 17.1 Å². The molecule has 6 aromatic carbocycles. The minimum absolute atomic E-state index is 0.390. The Hall–Kier alpha value is -4.90. The van der Waals surface area contributed by atoms with Crippen molar-refractivity contribution >= 4 is 29.6 Å². The molecule has 6 aromatic rings. The molecule has 0 spiro atoms. The minimum atomic E-state index is -0.465. The van der Waals surface area contributed by atoms with Crippen molar-refractivity contribution in [3.63, 3.8) is 0 Å². The molecule has 1 saturated heterocycles. The average molecular weight is 612 g/mol. The van der Waals surface area contributed by atoms with Gasteiger partial charge in [0.2, 0.25) is 0 Å². The summed E-state index contributed by atoms with van der Waals surface area (Å²) < 4.78 is 12.7. The van der Waals surface area contributed by atoms with Gasteiger partial charge in [0.15, 0.2) is 0 Å². The van der Waals surface area contributed by atoms with Crippen molar-refractivity contribution < 1.29 is 9.31 Å². The van der Waals surface area contributed by atoms with Gasteiger partial charge in [0.05, 0.1) is 16.6 Å². The number of hydrogen-bond acceptors (Lipinski definition) is 3. The summed E-state index contributed by atoms with van der Waals surface area (Å²) in [4.78, 5) is 2.35. The van der Waals surface area contributed by atoms with E-state index in [2.05, 4.69) is 190 Å². The Morgan fingerprint density at radius 1 is 0.447 bits per heavy atom. The van der Waals surface area contributed by atoms with Crippen molar-refractivity contribution in [2.75, 3.05) is 4.90 Å². The smallest absolute Gasteiger partial charge is 0.399 e. The molecule has 0 unspecified atom stereocenters. The highest BCUT2D eigenvalue weighted by Gasteiger charge is 2.52. The quantitative estimate of drug-likeness (QED) is 0.175. The van der Waals surface area contributed by atoms with E-state index in [1.807, 2.05) is 0 Å². The Balaban J connectivity index is 1.30. The molecule has 0 radical (unpaired) electrons. The van der Waals surface area contributed by atoms with E-state index in [0.717, 1.165) is 22.5 Å². The van der Waals surface area contributed by atoms with Crippen LogP contribution in [-0.4, -0.2) is 18.3 Å². The van der Waals surface area contributed by atoms with Crippen molar-refractivity contribution in [3.05, 3.63) is 180 Å². The number of benzene rings is 6. The first-order valence-electron chi connectivity index (χ1n) is 16.5. The first kappa shape index (κ1) is 29.5. The lowest BCUT2D eigenvalue weighted by molar-refractivity contribution is 0.00578. The second-order valence-electron chi connectivity index (χ2n) is 13.6. The Morgan fingerprint density at radius 2 is 0.915 bits per heavy atom. The van der Waals surface area contributed by atoms with Gasteiger partial charge < -0.3 is 14.2 Å². The SMILES string of the molecule is CC1(C)OB(c2ccc(N(c3ccccc3)c3ccc4c(c3)C(c3ccccc3)(c3ccccc3)c3ccccc3-4)cc2)OC1(C)C. The number of para-hydroxylation sites is 1. The molecule has 230 valence electrons. The van der Waals surface area contributed by atoms with Gasteiger partial charge in [0, 0.05) is 17.1 Å². The molecule has 0 bridgehead atoms. The van der Waals surface area contributed by atoms with Crippen LogP contribution in [0.5, 0.6) is 0 Å². The molecule has 1 aliphatic heterocycles. The second kappa shape index (κ2) is 11.1. The summed E-state index contributed by atoms with van der Waals surface area (Å²) in [6.45, 7) is 8.37. The van der Waals surface area contributed by atoms with Gasteiger partial charge in [-0.15, -0.1) is 0 Å². The highest BCUT2D eigenvalue weighted by molar-refractivity contribution is 6.62. The first-order chi connectivity index (χ1) is 22.8. The van der Waals surface area contributed by atoms with Gasteiger partial charge in [0.1, 0.15) is 0 Å². The third kappa shape index (κ3) is 4.66. The normalized spacial score (nSPS) is 16.8. The molecule has 0 N–H and O–H groups in total. The molecule has 47 heavy (non-hydrogen) atoms. The lowest BCUT2D eigenvalue weighted by Gasteiger charge is -2.35. The largest absolute Gasteiger partial charge is 0.494 e. The summed E-state index contributed by atoms with van der Waals surface area (Å²) >= 11 is 0. The van der Waals surface area contributed by atoms with Crippen molar-refractivity contribution in [1.82, 2.24) is 0 Å². The summed E-state index contributed by atoms with van der Waals surface area (Å²) in [5.41, 5.74) is 10.7. The lowest BCUT2D eigenvalue weighted by atomic mass is 9.67. The third-order valence-corrected chi connectivity index (χ3v) is 10.4. The summed E-state index contributed by atoms with van der Waals surface area (Å²) in [5.74, 6) is 0. The molecule has 0 amide bonds. The number of hydrogen-bond donors (Lipinski definition) is 0. The Morgan fingerprint density at radius 3 is 1.51 bits per heavy atom. The van der Waals surface area contributed by atoms with E-state index in [1.165, 1.54) is 33.4 Å². The van der Waals surface area contributed by atoms with E-state index < -0.39 is 23.7 Å². The number of fused-ring (bicyclic) bond motifs is 3. The Labute approximate surface area is 278 Å². The second-order valence-corrected chi connectivity index (χ2v) is 13.6. The zero-order valence-electron chi connectivity index (χ0n) is 27.4. The summed E-state index contributed by atoms with van der Waals surface area (Å²) in [5, 5.41) is 0. The van der Waals surface area contributed by atoms with Crippen LogP contribution >= 0.6 is 0 Å². The van der Waals surface area contributed by atoms with Crippen molar-refractivity contribution in [1.29, 1.82) is 0 Å². The first-order valence-corrected chi connectivity index (χ1v) is 16.5. The fraction of sp³-hybridized carbons (Fsp3) is 0.163. The van der Waals surface area contributed by atoms with Gasteiger partial charge in [-0.25, -0.2) is 0 Å². The van der Waals surface area contributed by atoms with Gasteiger partial charge in [-0.3, -0.25) is 0 Å². The van der Waals surface area contributed by atoms with Gasteiger partial charge >= 0.3 is 7.12 Å². The van der Waals surface area contributed by atoms with Crippen molar-refractivity contribution in [2.24, 2.45) is 0 Å². The monoisotopic (exact) mass is 611 g/mol. The standard InChI is InChI=1S/C43H38BNO2/c1-41(2)42(3,4)47-44(46-41)33-24-26-35(27-25-33)45(34-20-12-7-13-21-34)36-28-29-38-37-22-14-15-23-39(37)43(40(38)30-36,31-16-8-5-9-17-31)32-18-10-6-11-19-32/h5-30H,1-4H3. The van der Waals surface area contributed by atoms with Crippen LogP contribution in [0.25, 0.3) is 11.1 Å². The van der Waals surface area contributed by atoms with Crippen LogP contribution in [-0.2, 0) is 14.7 Å². The highest BCUT2D eigenvalue weighted by Crippen LogP contribution is 2.57. The van der Waals surface area contributed by atoms with Crippen LogP contribution in [0.1, 0.15) is 49.9 Å². The fourth-order valence-corrected chi connectivity index (χ4v) is 7.36. The fourth-order valence-electron chi connectivity index (χ4n) is 7.36. The molecule has 3 nitrogen and oxygen atoms in total. The topological polar surface area (TPSA) is 21.7 Å². The zero-order valence-corrected chi connectivity index (χ0v) is 27.4. The summed E-state index contributed by atoms with van der Waals surface area (Å²) in [6, 6.07) is 57.0. The van der Waals surface area contributed by atoms with Gasteiger partial charge in [-0.05, 0) is 103 Å². The minimum Gasteiger partial charge on any atom is -0.399 e. The van der Waals surface area contributed by atoms with Crippen LogP contribution in [0.3, 0.4) is 0 Å².